The summed E-state index contributed by atoms with van der Waals surface area (Å²) in [4.78, 5) is 44.1. The zero-order valence-electron chi connectivity index (χ0n) is 20.7. The van der Waals surface area contributed by atoms with Gasteiger partial charge in [0, 0.05) is 39.0 Å². The highest BCUT2D eigenvalue weighted by Crippen LogP contribution is 2.29. The van der Waals surface area contributed by atoms with Crippen molar-refractivity contribution >= 4 is 35.0 Å². The second kappa shape index (κ2) is 11.6. The Bertz CT molecular complexity index is 1490. The third-order valence-electron chi connectivity index (χ3n) is 5.74. The first kappa shape index (κ1) is 25.8. The molecule has 184 valence electrons. The van der Waals surface area contributed by atoms with E-state index >= 15 is 0 Å². The molecule has 0 saturated carbocycles. The summed E-state index contributed by atoms with van der Waals surface area (Å²) in [6.07, 6.45) is 0. The van der Waals surface area contributed by atoms with Crippen LogP contribution in [0.5, 0.6) is 0 Å². The van der Waals surface area contributed by atoms with Gasteiger partial charge in [-0.15, -0.1) is 0 Å². The van der Waals surface area contributed by atoms with Crippen molar-refractivity contribution < 1.29 is 19.2 Å². The van der Waals surface area contributed by atoms with E-state index in [1.165, 1.54) is 18.7 Å². The predicted molar refractivity (Wildman–Crippen MR) is 145 cm³/mol. The minimum absolute atomic E-state index is 0.00242. The van der Waals surface area contributed by atoms with Gasteiger partial charge < -0.3 is 4.84 Å². The summed E-state index contributed by atoms with van der Waals surface area (Å²) < 4.78 is 0. The maximum Gasteiger partial charge on any atom is 0.332 e. The van der Waals surface area contributed by atoms with E-state index in [-0.39, 0.29) is 17.3 Å². The fraction of sp³-hybridized carbons (Fsp3) is 0.0968. The number of rotatable bonds is 8. The average molecular weight is 508 g/mol. The average Bonchev–Trinajstić information content (AvgIpc) is 2.90. The summed E-state index contributed by atoms with van der Waals surface area (Å²) in [6.45, 7) is 5.03. The second-order valence-electron chi connectivity index (χ2n) is 8.46. The summed E-state index contributed by atoms with van der Waals surface area (Å²) in [6, 6.07) is 29.5. The lowest BCUT2D eigenvalue weighted by atomic mass is 9.97. The molecule has 5 nitrogen and oxygen atoms in total. The van der Waals surface area contributed by atoms with Crippen LogP contribution in [0.1, 0.15) is 49.9 Å². The maximum atomic E-state index is 13.3. The molecule has 0 aliphatic carbocycles. The van der Waals surface area contributed by atoms with E-state index in [0.717, 1.165) is 20.9 Å². The van der Waals surface area contributed by atoms with Gasteiger partial charge in [0.15, 0.2) is 11.5 Å². The van der Waals surface area contributed by atoms with Crippen molar-refractivity contribution in [3.05, 3.63) is 130 Å². The lowest BCUT2D eigenvalue weighted by Crippen LogP contribution is -2.18. The Hall–Kier alpha value is -4.29. The largest absolute Gasteiger partial charge is 0.332 e. The molecular weight excluding hydrogens is 482 g/mol. The summed E-state index contributed by atoms with van der Waals surface area (Å²) in [5, 5.41) is 3.86. The molecule has 0 aliphatic rings. The van der Waals surface area contributed by atoms with Crippen LogP contribution in [0.2, 0.25) is 0 Å². The number of ketones is 2. The molecule has 0 spiro atoms. The van der Waals surface area contributed by atoms with Gasteiger partial charge in [0.05, 0.1) is 0 Å². The van der Waals surface area contributed by atoms with E-state index in [1.54, 1.807) is 24.3 Å². The zero-order chi connectivity index (χ0) is 26.4. The van der Waals surface area contributed by atoms with Crippen molar-refractivity contribution in [3.63, 3.8) is 0 Å². The molecule has 0 aromatic heterocycles. The summed E-state index contributed by atoms with van der Waals surface area (Å²) in [5.41, 5.74) is 4.23. The van der Waals surface area contributed by atoms with Crippen LogP contribution in [-0.4, -0.2) is 23.2 Å². The molecule has 0 bridgehead atoms. The molecule has 4 rings (SSSR count). The number of carbonyl (C=O) groups excluding carboxylic acids is 3. The maximum absolute atomic E-state index is 13.3. The quantitative estimate of drug-likeness (QED) is 0.113. The number of oxime groups is 1. The summed E-state index contributed by atoms with van der Waals surface area (Å²) in [7, 11) is 0. The van der Waals surface area contributed by atoms with Crippen LogP contribution < -0.4 is 0 Å². The lowest BCUT2D eigenvalue weighted by molar-refractivity contribution is -0.140. The standard InChI is InChI=1S/C31H25NO4S/c1-20-8-4-6-10-27(20)29(32-36-22(3)33)31(35)24-14-18-26(19-15-24)37-25-16-12-23(13-17-25)30(34)28-11-7-5-9-21(28)2/h4-19H,1-3H3. The first-order chi connectivity index (χ1) is 17.8. The Kier molecular flexibility index (Phi) is 8.11. The van der Waals surface area contributed by atoms with Crippen molar-refractivity contribution in [2.75, 3.05) is 0 Å². The molecule has 0 amide bonds. The van der Waals surface area contributed by atoms with Gasteiger partial charge in [-0.1, -0.05) is 65.4 Å². The van der Waals surface area contributed by atoms with E-state index in [4.69, 9.17) is 4.84 Å². The summed E-state index contributed by atoms with van der Waals surface area (Å²) >= 11 is 1.53. The van der Waals surface area contributed by atoms with Crippen LogP contribution in [0.25, 0.3) is 0 Å². The number of hydrogen-bond donors (Lipinski definition) is 0. The van der Waals surface area contributed by atoms with E-state index in [0.29, 0.717) is 22.3 Å². The number of nitrogens with zero attached hydrogens (tertiary/aromatic N) is 1. The molecule has 0 heterocycles. The molecule has 6 heteroatoms. The van der Waals surface area contributed by atoms with E-state index in [1.807, 2.05) is 86.6 Å². The molecule has 0 fully saturated rings. The first-order valence-electron chi connectivity index (χ1n) is 11.7. The molecular formula is C31H25NO4S. The molecule has 4 aromatic carbocycles. The Morgan fingerprint density at radius 2 is 1.14 bits per heavy atom. The monoisotopic (exact) mass is 507 g/mol. The molecule has 0 radical (unpaired) electrons. The van der Waals surface area contributed by atoms with Crippen LogP contribution in [-0.2, 0) is 9.63 Å². The van der Waals surface area contributed by atoms with Gasteiger partial charge in [0.1, 0.15) is 0 Å². The highest BCUT2D eigenvalue weighted by molar-refractivity contribution is 7.99. The SMILES string of the molecule is CC(=O)ON=C(C(=O)c1ccc(Sc2ccc(C(=O)c3ccccc3C)cc2)cc1)c1ccccc1C. The minimum Gasteiger partial charge on any atom is -0.318 e. The smallest absolute Gasteiger partial charge is 0.318 e. The molecule has 0 saturated heterocycles. The Balaban J connectivity index is 1.50. The van der Waals surface area contributed by atoms with Crippen LogP contribution in [0, 0.1) is 13.8 Å². The van der Waals surface area contributed by atoms with Gasteiger partial charge in [-0.25, -0.2) is 4.79 Å². The van der Waals surface area contributed by atoms with Crippen molar-refractivity contribution in [3.8, 4) is 0 Å². The first-order valence-corrected chi connectivity index (χ1v) is 12.5. The van der Waals surface area contributed by atoms with Crippen LogP contribution in [0.3, 0.4) is 0 Å². The molecule has 0 aliphatic heterocycles. The van der Waals surface area contributed by atoms with Gasteiger partial charge in [0.25, 0.3) is 0 Å². The highest BCUT2D eigenvalue weighted by Gasteiger charge is 2.20. The second-order valence-corrected chi connectivity index (χ2v) is 9.61. The van der Waals surface area contributed by atoms with Crippen molar-refractivity contribution in [2.24, 2.45) is 5.16 Å². The number of Topliss-reactive ketones (excluding diaryl/α,β-unsaturated/α-hetero) is 1. The van der Waals surface area contributed by atoms with Gasteiger partial charge in [-0.05, 0) is 73.5 Å². The van der Waals surface area contributed by atoms with E-state index < -0.39 is 5.97 Å². The van der Waals surface area contributed by atoms with Crippen molar-refractivity contribution in [1.82, 2.24) is 0 Å². The normalized spacial score (nSPS) is 11.2. The fourth-order valence-electron chi connectivity index (χ4n) is 3.77. The highest BCUT2D eigenvalue weighted by atomic mass is 32.2. The third-order valence-corrected chi connectivity index (χ3v) is 6.75. The molecule has 0 unspecified atom stereocenters. The Labute approximate surface area is 220 Å². The van der Waals surface area contributed by atoms with Gasteiger partial charge in [0.2, 0.25) is 5.78 Å². The number of carbonyl (C=O) groups is 3. The van der Waals surface area contributed by atoms with Gasteiger partial charge in [-0.2, -0.15) is 0 Å². The van der Waals surface area contributed by atoms with Crippen LogP contribution >= 0.6 is 11.8 Å². The van der Waals surface area contributed by atoms with E-state index in [2.05, 4.69) is 5.16 Å². The van der Waals surface area contributed by atoms with Crippen molar-refractivity contribution in [2.45, 2.75) is 30.6 Å². The summed E-state index contributed by atoms with van der Waals surface area (Å²) in [5.74, 6) is -0.944. The topological polar surface area (TPSA) is 72.8 Å². The molecule has 4 aromatic rings. The van der Waals surface area contributed by atoms with Gasteiger partial charge >= 0.3 is 5.97 Å². The minimum atomic E-state index is -0.600. The van der Waals surface area contributed by atoms with Gasteiger partial charge in [-0.3, -0.25) is 9.59 Å². The molecule has 0 N–H and O–H groups in total. The van der Waals surface area contributed by atoms with Crippen LogP contribution in [0.15, 0.2) is 112 Å². The number of benzene rings is 4. The zero-order valence-corrected chi connectivity index (χ0v) is 21.5. The Morgan fingerprint density at radius 1 is 0.649 bits per heavy atom. The Morgan fingerprint density at radius 3 is 1.65 bits per heavy atom. The predicted octanol–water partition coefficient (Wildman–Crippen LogP) is 6.84. The molecule has 0 atom stereocenters. The lowest BCUT2D eigenvalue weighted by Gasteiger charge is -2.09. The molecule has 37 heavy (non-hydrogen) atoms. The van der Waals surface area contributed by atoms with Crippen LogP contribution in [0.4, 0.5) is 0 Å². The fourth-order valence-corrected chi connectivity index (χ4v) is 4.58. The number of aryl methyl sites for hydroxylation is 2. The van der Waals surface area contributed by atoms with Crippen molar-refractivity contribution in [1.29, 1.82) is 0 Å². The number of hydrogen-bond acceptors (Lipinski definition) is 6. The van der Waals surface area contributed by atoms with E-state index in [9.17, 15) is 14.4 Å². The third kappa shape index (κ3) is 6.29.